The maximum atomic E-state index is 14.2. The number of thiazole rings is 1. The molecule has 10 heteroatoms. The van der Waals surface area contributed by atoms with Gasteiger partial charge in [-0.15, -0.1) is 0 Å². The molecule has 0 unspecified atom stereocenters. The van der Waals surface area contributed by atoms with E-state index >= 15 is 0 Å². The number of hydrogen-bond acceptors (Lipinski definition) is 6. The van der Waals surface area contributed by atoms with Gasteiger partial charge in [-0.05, 0) is 82.7 Å². The van der Waals surface area contributed by atoms with Crippen LogP contribution >= 0.6 is 11.3 Å². The molecule has 0 saturated heterocycles. The molecular weight excluding hydrogens is 564 g/mol. The number of allylic oxidation sites excluding steroid dienone is 1. The fourth-order valence-electron chi connectivity index (χ4n) is 5.69. The largest absolute Gasteiger partial charge is 0.496 e. The number of carboxylic acid groups (broad SMARTS) is 1. The molecule has 43 heavy (non-hydrogen) atoms. The number of rotatable bonds is 8. The van der Waals surface area contributed by atoms with Crippen LogP contribution in [0.5, 0.6) is 5.75 Å². The standard InChI is InChI=1S/C33H34N4O5S/c1-7-35(8-2)31(39)28-20(4)34-33-37(29(28)25-11-9-10-12-26(25)42-6)30(38)27(43-33)18-23-17-19(3)36(21(23)5)24-15-13-22(14-16-24)32(40)41/h9-18,29H,7-8H2,1-6H3,(H,40,41)/b27-18+/t29-/m1/s1. The highest BCUT2D eigenvalue weighted by atomic mass is 32.1. The predicted octanol–water partition coefficient (Wildman–Crippen LogP) is 4.22. The number of ether oxygens (including phenoxy) is 1. The summed E-state index contributed by atoms with van der Waals surface area (Å²) in [5, 5.41) is 9.27. The molecule has 0 bridgehead atoms. The van der Waals surface area contributed by atoms with Crippen molar-refractivity contribution in [3.05, 3.63) is 114 Å². The lowest BCUT2D eigenvalue weighted by molar-refractivity contribution is -0.127. The highest BCUT2D eigenvalue weighted by molar-refractivity contribution is 7.07. The van der Waals surface area contributed by atoms with E-state index in [1.54, 1.807) is 40.8 Å². The van der Waals surface area contributed by atoms with Crippen LogP contribution in [0.3, 0.4) is 0 Å². The van der Waals surface area contributed by atoms with Gasteiger partial charge in [0.25, 0.3) is 11.5 Å². The Hall–Kier alpha value is -4.70. The van der Waals surface area contributed by atoms with Crippen LogP contribution < -0.4 is 19.6 Å². The molecule has 1 amide bonds. The van der Waals surface area contributed by atoms with Crippen molar-refractivity contribution in [1.82, 2.24) is 14.0 Å². The van der Waals surface area contributed by atoms with E-state index in [2.05, 4.69) is 0 Å². The van der Waals surface area contributed by atoms with E-state index in [0.717, 1.165) is 22.6 Å². The zero-order valence-electron chi connectivity index (χ0n) is 25.0. The number of nitrogens with zero attached hydrogens (tertiary/aromatic N) is 4. The van der Waals surface area contributed by atoms with Gasteiger partial charge in [-0.1, -0.05) is 29.5 Å². The Kier molecular flexibility index (Phi) is 8.23. The number of para-hydroxylation sites is 1. The Morgan fingerprint density at radius 3 is 2.37 bits per heavy atom. The number of aromatic carboxylic acids is 1. The summed E-state index contributed by atoms with van der Waals surface area (Å²) < 4.78 is 9.82. The van der Waals surface area contributed by atoms with Gasteiger partial charge >= 0.3 is 5.97 Å². The van der Waals surface area contributed by atoms with Gasteiger partial charge in [0.05, 0.1) is 28.5 Å². The molecule has 9 nitrogen and oxygen atoms in total. The number of carboxylic acids is 1. The number of amides is 1. The van der Waals surface area contributed by atoms with Crippen molar-refractivity contribution in [3.8, 4) is 11.4 Å². The van der Waals surface area contributed by atoms with E-state index in [4.69, 9.17) is 9.73 Å². The van der Waals surface area contributed by atoms with Gasteiger partial charge in [-0.2, -0.15) is 0 Å². The molecule has 2 aromatic carbocycles. The van der Waals surface area contributed by atoms with Crippen molar-refractivity contribution in [1.29, 1.82) is 0 Å². The summed E-state index contributed by atoms with van der Waals surface area (Å²) in [6.45, 7) is 10.7. The highest BCUT2D eigenvalue weighted by Gasteiger charge is 2.35. The van der Waals surface area contributed by atoms with Gasteiger partial charge in [0.1, 0.15) is 11.8 Å². The normalized spacial score (nSPS) is 14.8. The molecule has 1 aliphatic rings. The first kappa shape index (κ1) is 29.8. The van der Waals surface area contributed by atoms with E-state index in [1.807, 2.05) is 75.6 Å². The molecule has 1 N–H and O–H groups in total. The van der Waals surface area contributed by atoms with Crippen molar-refractivity contribution in [2.24, 2.45) is 4.99 Å². The number of fused-ring (bicyclic) bond motifs is 1. The fourth-order valence-corrected chi connectivity index (χ4v) is 6.73. The van der Waals surface area contributed by atoms with Crippen LogP contribution in [0, 0.1) is 13.8 Å². The van der Waals surface area contributed by atoms with Crippen LogP contribution in [0.25, 0.3) is 11.8 Å². The summed E-state index contributed by atoms with van der Waals surface area (Å²) in [6, 6.07) is 15.4. The zero-order valence-corrected chi connectivity index (χ0v) is 25.9. The topological polar surface area (TPSA) is 106 Å². The van der Waals surface area contributed by atoms with Gasteiger partial charge < -0.3 is 19.3 Å². The second kappa shape index (κ2) is 11.9. The molecule has 1 atom stereocenters. The van der Waals surface area contributed by atoms with Crippen LogP contribution in [0.2, 0.25) is 0 Å². The fraction of sp³-hybridized carbons (Fsp3) is 0.273. The number of benzene rings is 2. The zero-order chi connectivity index (χ0) is 31.0. The minimum atomic E-state index is -0.979. The summed E-state index contributed by atoms with van der Waals surface area (Å²) in [6.07, 6.45) is 1.86. The van der Waals surface area contributed by atoms with E-state index in [0.29, 0.717) is 45.0 Å². The first-order chi connectivity index (χ1) is 20.6. The Morgan fingerprint density at radius 1 is 1.07 bits per heavy atom. The van der Waals surface area contributed by atoms with Crippen LogP contribution in [0.4, 0.5) is 0 Å². The average Bonchev–Trinajstić information content (AvgIpc) is 3.46. The van der Waals surface area contributed by atoms with Crippen LogP contribution in [-0.2, 0) is 4.79 Å². The monoisotopic (exact) mass is 598 g/mol. The molecule has 5 rings (SSSR count). The molecule has 0 aliphatic carbocycles. The van der Waals surface area contributed by atoms with Crippen LogP contribution in [0.1, 0.15) is 59.7 Å². The summed E-state index contributed by atoms with van der Waals surface area (Å²) >= 11 is 1.28. The van der Waals surface area contributed by atoms with Gasteiger partial charge in [-0.25, -0.2) is 9.79 Å². The summed E-state index contributed by atoms with van der Waals surface area (Å²) in [7, 11) is 1.58. The lowest BCUT2D eigenvalue weighted by Gasteiger charge is -2.29. The highest BCUT2D eigenvalue weighted by Crippen LogP contribution is 2.36. The van der Waals surface area contributed by atoms with Gasteiger partial charge in [-0.3, -0.25) is 14.2 Å². The number of methoxy groups -OCH3 is 1. The van der Waals surface area contributed by atoms with Gasteiger partial charge in [0, 0.05) is 35.7 Å². The maximum absolute atomic E-state index is 14.2. The first-order valence-electron chi connectivity index (χ1n) is 14.1. The minimum Gasteiger partial charge on any atom is -0.496 e. The molecule has 0 spiro atoms. The smallest absolute Gasteiger partial charge is 0.335 e. The molecule has 4 aromatic rings. The van der Waals surface area contributed by atoms with E-state index in [1.165, 1.54) is 11.3 Å². The van der Waals surface area contributed by atoms with Gasteiger partial charge in [0.15, 0.2) is 4.80 Å². The Labute approximate surface area is 253 Å². The van der Waals surface area contributed by atoms with Crippen molar-refractivity contribution in [2.45, 2.75) is 40.7 Å². The summed E-state index contributed by atoms with van der Waals surface area (Å²) in [4.78, 5) is 46.4. The number of aryl methyl sites for hydroxylation is 1. The third kappa shape index (κ3) is 5.23. The molecule has 0 saturated carbocycles. The number of hydrogen-bond donors (Lipinski definition) is 1. The van der Waals surface area contributed by atoms with E-state index < -0.39 is 12.0 Å². The van der Waals surface area contributed by atoms with Crippen molar-refractivity contribution >= 4 is 29.3 Å². The molecule has 0 fully saturated rings. The number of likely N-dealkylation sites (N-methyl/N-ethyl adjacent to an activating group) is 1. The summed E-state index contributed by atoms with van der Waals surface area (Å²) in [5.74, 6) is -0.555. The molecule has 2 aromatic heterocycles. The second-order valence-electron chi connectivity index (χ2n) is 10.3. The molecule has 0 radical (unpaired) electrons. The third-order valence-electron chi connectivity index (χ3n) is 7.87. The number of carbonyl (C=O) groups is 2. The molecular formula is C33H34N4O5S. The quantitative estimate of drug-likeness (QED) is 0.327. The number of carbonyl (C=O) groups excluding carboxylic acids is 1. The molecule has 222 valence electrons. The predicted molar refractivity (Wildman–Crippen MR) is 167 cm³/mol. The Bertz CT molecular complexity index is 1940. The summed E-state index contributed by atoms with van der Waals surface area (Å²) in [5.41, 5.74) is 5.24. The molecule has 1 aliphatic heterocycles. The van der Waals surface area contributed by atoms with Crippen LogP contribution in [-0.4, -0.2) is 51.2 Å². The average molecular weight is 599 g/mol. The van der Waals surface area contributed by atoms with Crippen molar-refractivity contribution in [3.63, 3.8) is 0 Å². The SMILES string of the molecule is CCN(CC)C(=O)C1=C(C)N=c2s/c(=C/c3cc(C)n(-c4ccc(C(=O)O)cc4)c3C)c(=O)n2[C@@H]1c1ccccc1OC. The second-order valence-corrected chi connectivity index (χ2v) is 11.3. The Balaban J connectivity index is 1.69. The Morgan fingerprint density at radius 2 is 1.74 bits per heavy atom. The van der Waals surface area contributed by atoms with Crippen LogP contribution in [0.15, 0.2) is 75.7 Å². The maximum Gasteiger partial charge on any atom is 0.335 e. The first-order valence-corrected chi connectivity index (χ1v) is 14.9. The van der Waals surface area contributed by atoms with E-state index in [-0.39, 0.29) is 17.0 Å². The lowest BCUT2D eigenvalue weighted by atomic mass is 9.94. The van der Waals surface area contributed by atoms with E-state index in [9.17, 15) is 19.5 Å². The third-order valence-corrected chi connectivity index (χ3v) is 8.85. The van der Waals surface area contributed by atoms with Crippen molar-refractivity contribution < 1.29 is 19.4 Å². The lowest BCUT2D eigenvalue weighted by Crippen LogP contribution is -2.43. The minimum absolute atomic E-state index is 0.158. The van der Waals surface area contributed by atoms with Gasteiger partial charge in [0.2, 0.25) is 0 Å². The van der Waals surface area contributed by atoms with Crippen molar-refractivity contribution in [2.75, 3.05) is 20.2 Å². The number of aromatic nitrogens is 2. The molecule has 3 heterocycles.